The Morgan fingerprint density at radius 3 is 2.87 bits per heavy atom. The molecular weight excluding hydrogens is 316 g/mol. The Morgan fingerprint density at radius 1 is 1.39 bits per heavy atom. The van der Waals surface area contributed by atoms with Crippen molar-refractivity contribution in [2.75, 3.05) is 25.5 Å². The number of benzene rings is 1. The number of piperidine rings is 1. The Hall–Kier alpha value is -1.59. The number of carbonyl (C=O) groups is 2. The van der Waals surface area contributed by atoms with Crippen LogP contribution in [0.2, 0.25) is 5.02 Å². The quantitative estimate of drug-likeness (QED) is 0.837. The summed E-state index contributed by atoms with van der Waals surface area (Å²) in [5.74, 6) is -0.548. The first-order chi connectivity index (χ1) is 11.1. The molecule has 0 aliphatic carbocycles. The molecule has 1 fully saturated rings. The lowest BCUT2D eigenvalue weighted by molar-refractivity contribution is -0.122. The largest absolute Gasteiger partial charge is 0.465 e. The number of hydrogen-bond donors (Lipinski definition) is 1. The maximum Gasteiger partial charge on any atom is 0.339 e. The van der Waals surface area contributed by atoms with Crippen LogP contribution in [0, 0.1) is 0 Å². The zero-order valence-corrected chi connectivity index (χ0v) is 14.4. The fourth-order valence-electron chi connectivity index (χ4n) is 2.94. The summed E-state index contributed by atoms with van der Waals surface area (Å²) in [6, 6.07) is 4.73. The van der Waals surface area contributed by atoms with Gasteiger partial charge in [0.1, 0.15) is 0 Å². The summed E-state index contributed by atoms with van der Waals surface area (Å²) < 4.78 is 4.70. The number of methoxy groups -OCH3 is 1. The fraction of sp³-hybridized carbons (Fsp3) is 0.529. The molecule has 1 atom stereocenters. The summed E-state index contributed by atoms with van der Waals surface area (Å²) in [7, 11) is 1.30. The number of nitrogens with one attached hydrogen (secondary N) is 1. The average molecular weight is 339 g/mol. The third-order valence-corrected chi connectivity index (χ3v) is 4.40. The van der Waals surface area contributed by atoms with Crippen LogP contribution in [0.25, 0.3) is 0 Å². The van der Waals surface area contributed by atoms with Crippen LogP contribution in [0.3, 0.4) is 0 Å². The SMILES string of the molecule is CCCN1CCCCC1C(=O)Nc1ccc(Cl)c(C(=O)OC)c1. The van der Waals surface area contributed by atoms with E-state index in [2.05, 4.69) is 17.1 Å². The second-order valence-electron chi connectivity index (χ2n) is 5.72. The van der Waals surface area contributed by atoms with Crippen LogP contribution in [0.1, 0.15) is 43.0 Å². The van der Waals surface area contributed by atoms with Gasteiger partial charge < -0.3 is 10.1 Å². The lowest BCUT2D eigenvalue weighted by Gasteiger charge is -2.34. The number of amides is 1. The van der Waals surface area contributed by atoms with Crippen LogP contribution in [0.4, 0.5) is 5.69 Å². The van der Waals surface area contributed by atoms with Crippen molar-refractivity contribution in [3.8, 4) is 0 Å². The molecule has 1 saturated heterocycles. The first kappa shape index (κ1) is 17.8. The number of anilines is 1. The molecule has 6 heteroatoms. The fourth-order valence-corrected chi connectivity index (χ4v) is 3.13. The van der Waals surface area contributed by atoms with E-state index in [1.807, 2.05) is 0 Å². The molecule has 126 valence electrons. The highest BCUT2D eigenvalue weighted by atomic mass is 35.5. The van der Waals surface area contributed by atoms with Crippen molar-refractivity contribution < 1.29 is 14.3 Å². The van der Waals surface area contributed by atoms with E-state index in [1.165, 1.54) is 7.11 Å². The third kappa shape index (κ3) is 4.45. The summed E-state index contributed by atoms with van der Waals surface area (Å²) in [4.78, 5) is 26.5. The zero-order valence-electron chi connectivity index (χ0n) is 13.6. The normalized spacial score (nSPS) is 18.5. The standard InChI is InChI=1S/C17H23ClN2O3/c1-3-9-20-10-5-4-6-15(20)16(21)19-12-7-8-14(18)13(11-12)17(22)23-2/h7-8,11,15H,3-6,9-10H2,1-2H3,(H,19,21). The number of halogens is 1. The van der Waals surface area contributed by atoms with E-state index in [1.54, 1.807) is 18.2 Å². The van der Waals surface area contributed by atoms with Crippen molar-refractivity contribution >= 4 is 29.2 Å². The number of hydrogen-bond acceptors (Lipinski definition) is 4. The third-order valence-electron chi connectivity index (χ3n) is 4.07. The van der Waals surface area contributed by atoms with Crippen molar-refractivity contribution in [3.63, 3.8) is 0 Å². The topological polar surface area (TPSA) is 58.6 Å². The molecule has 5 nitrogen and oxygen atoms in total. The predicted octanol–water partition coefficient (Wildman–Crippen LogP) is 3.33. The highest BCUT2D eigenvalue weighted by Crippen LogP contribution is 2.23. The summed E-state index contributed by atoms with van der Waals surface area (Å²) in [6.07, 6.45) is 4.09. The maximum atomic E-state index is 12.6. The first-order valence-corrected chi connectivity index (χ1v) is 8.37. The molecule has 1 aromatic rings. The van der Waals surface area contributed by atoms with Crippen LogP contribution in [-0.2, 0) is 9.53 Å². The van der Waals surface area contributed by atoms with Gasteiger partial charge in [-0.25, -0.2) is 4.79 Å². The Labute approximate surface area is 141 Å². The molecule has 1 unspecified atom stereocenters. The molecule has 1 aliphatic rings. The van der Waals surface area contributed by atoms with Gasteiger partial charge in [-0.3, -0.25) is 9.69 Å². The number of rotatable bonds is 5. The van der Waals surface area contributed by atoms with Gasteiger partial charge in [0.25, 0.3) is 0 Å². The maximum absolute atomic E-state index is 12.6. The van der Waals surface area contributed by atoms with Gasteiger partial charge in [0, 0.05) is 5.69 Å². The Balaban J connectivity index is 2.11. The van der Waals surface area contributed by atoms with Crippen LogP contribution in [-0.4, -0.2) is 43.0 Å². The first-order valence-electron chi connectivity index (χ1n) is 7.99. The van der Waals surface area contributed by atoms with Gasteiger partial charge in [0.2, 0.25) is 5.91 Å². The zero-order chi connectivity index (χ0) is 16.8. The lowest BCUT2D eigenvalue weighted by atomic mass is 10.0. The molecule has 1 N–H and O–H groups in total. The number of likely N-dealkylation sites (tertiary alicyclic amines) is 1. The lowest BCUT2D eigenvalue weighted by Crippen LogP contribution is -2.47. The minimum absolute atomic E-state index is 0.0312. The Kier molecular flexibility index (Phi) is 6.42. The second-order valence-corrected chi connectivity index (χ2v) is 6.13. The van der Waals surface area contributed by atoms with Crippen LogP contribution in [0.15, 0.2) is 18.2 Å². The van der Waals surface area contributed by atoms with Gasteiger partial charge >= 0.3 is 5.97 Å². The Bertz CT molecular complexity index is 575. The van der Waals surface area contributed by atoms with E-state index >= 15 is 0 Å². The van der Waals surface area contributed by atoms with Crippen LogP contribution >= 0.6 is 11.6 Å². The monoisotopic (exact) mass is 338 g/mol. The van der Waals surface area contributed by atoms with E-state index in [-0.39, 0.29) is 17.5 Å². The number of esters is 1. The molecule has 0 saturated carbocycles. The predicted molar refractivity (Wildman–Crippen MR) is 90.9 cm³/mol. The molecule has 0 radical (unpaired) electrons. The highest BCUT2D eigenvalue weighted by Gasteiger charge is 2.28. The molecular formula is C17H23ClN2O3. The van der Waals surface area contributed by atoms with E-state index in [9.17, 15) is 9.59 Å². The second kappa shape index (κ2) is 8.31. The molecule has 0 aromatic heterocycles. The number of ether oxygens (including phenoxy) is 1. The van der Waals surface area contributed by atoms with E-state index in [0.29, 0.717) is 10.7 Å². The molecule has 2 rings (SSSR count). The van der Waals surface area contributed by atoms with Gasteiger partial charge in [-0.05, 0) is 50.6 Å². The molecule has 23 heavy (non-hydrogen) atoms. The summed E-state index contributed by atoms with van der Waals surface area (Å²) in [6.45, 7) is 4.00. The summed E-state index contributed by atoms with van der Waals surface area (Å²) >= 11 is 6.00. The average Bonchev–Trinajstić information content (AvgIpc) is 2.56. The molecule has 1 amide bonds. The van der Waals surface area contributed by atoms with Crippen molar-refractivity contribution in [2.24, 2.45) is 0 Å². The molecule has 0 bridgehead atoms. The molecule has 1 heterocycles. The van der Waals surface area contributed by atoms with Gasteiger partial charge in [-0.15, -0.1) is 0 Å². The van der Waals surface area contributed by atoms with E-state index in [4.69, 9.17) is 16.3 Å². The minimum atomic E-state index is -0.517. The van der Waals surface area contributed by atoms with E-state index < -0.39 is 5.97 Å². The van der Waals surface area contributed by atoms with Gasteiger partial charge in [-0.2, -0.15) is 0 Å². The summed E-state index contributed by atoms with van der Waals surface area (Å²) in [5.41, 5.74) is 0.808. The van der Waals surface area contributed by atoms with Crippen molar-refractivity contribution in [2.45, 2.75) is 38.6 Å². The van der Waals surface area contributed by atoms with Crippen molar-refractivity contribution in [1.82, 2.24) is 4.90 Å². The molecule has 0 spiro atoms. The van der Waals surface area contributed by atoms with Crippen LogP contribution < -0.4 is 5.32 Å². The van der Waals surface area contributed by atoms with Crippen molar-refractivity contribution in [3.05, 3.63) is 28.8 Å². The van der Waals surface area contributed by atoms with Gasteiger partial charge in [-0.1, -0.05) is 24.9 Å². The highest BCUT2D eigenvalue weighted by molar-refractivity contribution is 6.33. The number of carbonyl (C=O) groups excluding carboxylic acids is 2. The summed E-state index contributed by atoms with van der Waals surface area (Å²) in [5, 5.41) is 3.21. The van der Waals surface area contributed by atoms with Gasteiger partial charge in [0.15, 0.2) is 0 Å². The Morgan fingerprint density at radius 2 is 2.17 bits per heavy atom. The molecule has 1 aliphatic heterocycles. The number of nitrogens with zero attached hydrogens (tertiary/aromatic N) is 1. The smallest absolute Gasteiger partial charge is 0.339 e. The minimum Gasteiger partial charge on any atom is -0.465 e. The van der Waals surface area contributed by atoms with Crippen molar-refractivity contribution in [1.29, 1.82) is 0 Å². The molecule has 1 aromatic carbocycles. The van der Waals surface area contributed by atoms with Gasteiger partial charge in [0.05, 0.1) is 23.7 Å². The van der Waals surface area contributed by atoms with E-state index in [0.717, 1.165) is 38.8 Å². The van der Waals surface area contributed by atoms with Crippen LogP contribution in [0.5, 0.6) is 0 Å².